The van der Waals surface area contributed by atoms with Gasteiger partial charge in [-0.15, -0.1) is 0 Å². The number of aliphatic imine (C=N–C) groups is 1. The van der Waals surface area contributed by atoms with Gasteiger partial charge in [-0.1, -0.05) is 79.3 Å². The number of rotatable bonds is 12. The van der Waals surface area contributed by atoms with Crippen molar-refractivity contribution in [3.05, 3.63) is 64.4 Å². The number of anilines is 1. The van der Waals surface area contributed by atoms with Crippen molar-refractivity contribution in [1.82, 2.24) is 10.1 Å². The minimum Gasteiger partial charge on any atom is -0.377 e. The molecule has 1 saturated carbocycles. The predicted molar refractivity (Wildman–Crippen MR) is 180 cm³/mol. The molecule has 1 aliphatic heterocycles. The molecule has 2 heterocycles. The Bertz CT molecular complexity index is 1920. The third-order valence-electron chi connectivity index (χ3n) is 7.68. The van der Waals surface area contributed by atoms with Gasteiger partial charge in [0.05, 0.1) is 27.0 Å². The fourth-order valence-electron chi connectivity index (χ4n) is 5.49. The van der Waals surface area contributed by atoms with E-state index in [4.69, 9.17) is 30.4 Å². The molecule has 0 atom stereocenters. The van der Waals surface area contributed by atoms with Crippen molar-refractivity contribution in [2.45, 2.75) is 89.3 Å². The van der Waals surface area contributed by atoms with Gasteiger partial charge in [0.1, 0.15) is 16.4 Å². The minimum absolute atomic E-state index is 0.0305. The molecular formula is C32H41ClN4O8S2. The van der Waals surface area contributed by atoms with E-state index in [0.29, 0.717) is 54.7 Å². The third kappa shape index (κ3) is 8.99. The molecule has 3 aromatic rings. The van der Waals surface area contributed by atoms with E-state index >= 15 is 0 Å². The normalized spacial score (nSPS) is 16.9. The lowest BCUT2D eigenvalue weighted by Gasteiger charge is -2.23. The summed E-state index contributed by atoms with van der Waals surface area (Å²) < 4.78 is 84.7. The average molecular weight is 711 g/mol. The van der Waals surface area contributed by atoms with Crippen molar-refractivity contribution < 1.29 is 38.2 Å². The van der Waals surface area contributed by atoms with Crippen LogP contribution in [0.2, 0.25) is 5.02 Å². The molecule has 2 aliphatic rings. The molecular weight excluding hydrogens is 668 g/mol. The van der Waals surface area contributed by atoms with Crippen molar-refractivity contribution in [3.8, 4) is 11.1 Å². The number of aryl methyl sites for hydroxylation is 1. The number of benzene rings is 2. The van der Waals surface area contributed by atoms with E-state index in [9.17, 15) is 24.4 Å². The first kappa shape index (κ1) is 33.6. The molecule has 1 spiro atoms. The Kier molecular flexibility index (Phi) is 10.9. The lowest BCUT2D eigenvalue weighted by atomic mass is 9.96. The van der Waals surface area contributed by atoms with E-state index in [1.165, 1.54) is 11.0 Å². The van der Waals surface area contributed by atoms with E-state index in [-0.39, 0.29) is 39.6 Å². The number of hydrogen-bond donors (Lipinski definition) is 2. The number of hydrogen-bond acceptors (Lipinski definition) is 9. The first-order valence-electron chi connectivity index (χ1n) is 16.3. The summed E-state index contributed by atoms with van der Waals surface area (Å²) in [6, 6.07) is 11.4. The number of ether oxygens (including phenoxy) is 1. The Hall–Kier alpha value is -3.30. The zero-order chi connectivity index (χ0) is 36.2. The van der Waals surface area contributed by atoms with Crippen molar-refractivity contribution in [3.63, 3.8) is 0 Å². The van der Waals surface area contributed by atoms with E-state index in [2.05, 4.69) is 16.8 Å². The van der Waals surface area contributed by atoms with Crippen LogP contribution in [0.3, 0.4) is 0 Å². The monoisotopic (exact) mass is 710 g/mol. The maximum Gasteiger partial charge on any atom is 0.263 e. The second kappa shape index (κ2) is 15.3. The smallest absolute Gasteiger partial charge is 0.263 e. The summed E-state index contributed by atoms with van der Waals surface area (Å²) in [5, 5.41) is 3.78. The predicted octanol–water partition coefficient (Wildman–Crippen LogP) is 6.39. The highest BCUT2D eigenvalue weighted by Gasteiger charge is 2.49. The zero-order valence-corrected chi connectivity index (χ0v) is 29.1. The van der Waals surface area contributed by atoms with Crippen LogP contribution in [-0.2, 0) is 42.8 Å². The summed E-state index contributed by atoms with van der Waals surface area (Å²) in [6.07, 6.45) is 5.95. The van der Waals surface area contributed by atoms with Crippen LogP contribution in [0.1, 0.15) is 78.4 Å². The number of carbonyl (C=O) groups excluding carboxylic acids is 1. The summed E-state index contributed by atoms with van der Waals surface area (Å²) in [4.78, 5) is 19.9. The first-order valence-corrected chi connectivity index (χ1v) is 19.0. The molecule has 1 fully saturated rings. The van der Waals surface area contributed by atoms with E-state index in [1.54, 1.807) is 43.3 Å². The molecule has 1 aromatic heterocycles. The quantitative estimate of drug-likeness (QED) is 0.202. The number of nitrogens with zero attached hydrogens (tertiary/aromatic N) is 3. The fraction of sp³-hybridized carbons (Fsp3) is 0.469. The van der Waals surface area contributed by atoms with Gasteiger partial charge in [0, 0.05) is 18.6 Å². The van der Waals surface area contributed by atoms with Crippen LogP contribution < -0.4 is 4.72 Å². The molecule has 0 bridgehead atoms. The lowest BCUT2D eigenvalue weighted by molar-refractivity contribution is -0.131. The summed E-state index contributed by atoms with van der Waals surface area (Å²) >= 11 is 6.17. The standard InChI is InChI=1S/C31H37ClN4O5S.CH4O3S/c1-4-6-13-27-33-31(16-9-10-17-31)30(37)36(27)19-22-14-15-24(23(18-22)20-40-5-2)25-11-7-8-12-26(25)42(38,39)35-29-28(32)21(3)41-34-29;1-5(2,3)4/h7-8,11-12,14-15,18H,4-6,9-10,13,16-17,19-20H2,1-3H3,(H,34,35);1H3,(H,2,3,4)/i19D2;. The van der Waals surface area contributed by atoms with Gasteiger partial charge in [-0.25, -0.2) is 8.42 Å². The lowest BCUT2D eigenvalue weighted by Crippen LogP contribution is -2.40. The summed E-state index contributed by atoms with van der Waals surface area (Å²) in [5.41, 5.74) is 0.870. The second-order valence-electron chi connectivity index (χ2n) is 11.4. The average Bonchev–Trinajstić information content (AvgIpc) is 3.72. The Morgan fingerprint density at radius 1 is 1.13 bits per heavy atom. The number of nitrogens with one attached hydrogen (secondary N) is 1. The third-order valence-corrected chi connectivity index (χ3v) is 9.53. The Morgan fingerprint density at radius 3 is 2.43 bits per heavy atom. The number of carbonyl (C=O) groups is 1. The number of sulfonamides is 1. The summed E-state index contributed by atoms with van der Waals surface area (Å²) in [7, 11) is -7.83. The molecule has 1 aliphatic carbocycles. The van der Waals surface area contributed by atoms with Crippen LogP contribution in [0.25, 0.3) is 11.1 Å². The van der Waals surface area contributed by atoms with Gasteiger partial charge in [-0.3, -0.25) is 24.0 Å². The number of unbranched alkanes of at least 4 members (excludes halogenated alkanes) is 1. The van der Waals surface area contributed by atoms with Crippen molar-refractivity contribution in [2.75, 3.05) is 17.6 Å². The van der Waals surface area contributed by atoms with E-state index in [0.717, 1.165) is 25.7 Å². The van der Waals surface area contributed by atoms with Gasteiger partial charge in [0.25, 0.3) is 26.0 Å². The number of aromatic nitrogens is 1. The highest BCUT2D eigenvalue weighted by Crippen LogP contribution is 2.40. The van der Waals surface area contributed by atoms with Gasteiger partial charge in [0.15, 0.2) is 5.76 Å². The largest absolute Gasteiger partial charge is 0.377 e. The number of amidine groups is 1. The second-order valence-corrected chi connectivity index (χ2v) is 14.9. The van der Waals surface area contributed by atoms with Gasteiger partial charge in [-0.2, -0.15) is 8.42 Å². The van der Waals surface area contributed by atoms with Crippen LogP contribution in [-0.4, -0.2) is 61.6 Å². The van der Waals surface area contributed by atoms with E-state index in [1.807, 2.05) is 6.92 Å². The minimum atomic E-state index is -4.17. The first-order chi connectivity index (χ1) is 22.9. The van der Waals surface area contributed by atoms with Gasteiger partial charge in [-0.05, 0) is 55.9 Å². The molecule has 47 heavy (non-hydrogen) atoms. The van der Waals surface area contributed by atoms with Crippen molar-refractivity contribution in [2.24, 2.45) is 4.99 Å². The van der Waals surface area contributed by atoms with Crippen LogP contribution in [0.4, 0.5) is 5.82 Å². The summed E-state index contributed by atoms with van der Waals surface area (Å²) in [5.74, 6) is 0.363. The fourth-order valence-corrected chi connectivity index (χ4v) is 6.89. The van der Waals surface area contributed by atoms with Crippen LogP contribution in [0, 0.1) is 6.92 Å². The SMILES string of the molecule is CS(=O)(=O)O.[2H]C([2H])(c1ccc(-c2ccccc2S(=O)(=O)Nc2noc(C)c2Cl)c(COCC)c1)N1C(=O)C2(CCCC2)N=C1CCCC. The van der Waals surface area contributed by atoms with E-state index < -0.39 is 32.2 Å². The molecule has 12 nitrogen and oxygen atoms in total. The van der Waals surface area contributed by atoms with Gasteiger partial charge < -0.3 is 9.26 Å². The van der Waals surface area contributed by atoms with Gasteiger partial charge >= 0.3 is 0 Å². The number of halogens is 1. The molecule has 5 rings (SSSR count). The molecule has 2 aromatic carbocycles. The van der Waals surface area contributed by atoms with Crippen molar-refractivity contribution >= 4 is 49.3 Å². The Labute approximate surface area is 284 Å². The molecule has 0 radical (unpaired) electrons. The number of amides is 1. The molecule has 15 heteroatoms. The maximum absolute atomic E-state index is 13.9. The van der Waals surface area contributed by atoms with Crippen LogP contribution in [0.15, 0.2) is 56.9 Å². The van der Waals surface area contributed by atoms with Crippen LogP contribution in [0.5, 0.6) is 0 Å². The molecule has 2 N–H and O–H groups in total. The highest BCUT2D eigenvalue weighted by atomic mass is 35.5. The summed E-state index contributed by atoms with van der Waals surface area (Å²) in [6.45, 7) is 3.77. The topological polar surface area (TPSA) is 168 Å². The molecule has 0 unspecified atom stereocenters. The zero-order valence-electron chi connectivity index (χ0n) is 28.7. The van der Waals surface area contributed by atoms with Crippen molar-refractivity contribution in [1.29, 1.82) is 0 Å². The highest BCUT2D eigenvalue weighted by molar-refractivity contribution is 7.92. The Morgan fingerprint density at radius 2 is 1.81 bits per heavy atom. The molecule has 0 saturated heterocycles. The molecule has 1 amide bonds. The van der Waals surface area contributed by atoms with Crippen LogP contribution >= 0.6 is 11.6 Å². The maximum atomic E-state index is 13.9. The Balaban J connectivity index is 0.00000101. The molecule has 256 valence electrons. The van der Waals surface area contributed by atoms with Gasteiger partial charge in [0.2, 0.25) is 5.82 Å².